The number of hydrogen-bond donors (Lipinski definition) is 2. The number of carbonyl (C=O) groups excluding carboxylic acids is 1. The standard InChI is InChI=1S/C15H26N2O3/c16-14(18)15(17-11-5-6-11)7-1-3-12(9-15)20-10-13-4-2-8-19-13/h11-13,17H,1-10H2,(H2,16,18). The summed E-state index contributed by atoms with van der Waals surface area (Å²) >= 11 is 0. The maximum atomic E-state index is 11.9. The lowest BCUT2D eigenvalue weighted by atomic mass is 9.79. The fraction of sp³-hybridized carbons (Fsp3) is 0.933. The van der Waals surface area contributed by atoms with Crippen LogP contribution in [0.15, 0.2) is 0 Å². The second-order valence-corrected chi connectivity index (χ2v) is 6.55. The maximum absolute atomic E-state index is 11.9. The number of carbonyl (C=O) groups is 1. The van der Waals surface area contributed by atoms with E-state index in [1.807, 2.05) is 0 Å². The highest BCUT2D eigenvalue weighted by molar-refractivity contribution is 5.85. The summed E-state index contributed by atoms with van der Waals surface area (Å²) in [5.41, 5.74) is 5.14. The molecule has 2 aliphatic carbocycles. The van der Waals surface area contributed by atoms with Crippen LogP contribution in [0.3, 0.4) is 0 Å². The van der Waals surface area contributed by atoms with Crippen molar-refractivity contribution in [1.82, 2.24) is 5.32 Å². The van der Waals surface area contributed by atoms with Gasteiger partial charge >= 0.3 is 0 Å². The lowest BCUT2D eigenvalue weighted by molar-refractivity contribution is -0.129. The molecule has 2 saturated carbocycles. The summed E-state index contributed by atoms with van der Waals surface area (Å²) in [5.74, 6) is -0.213. The van der Waals surface area contributed by atoms with Gasteiger partial charge in [0.1, 0.15) is 5.54 Å². The van der Waals surface area contributed by atoms with E-state index in [2.05, 4.69) is 5.32 Å². The van der Waals surface area contributed by atoms with Crippen molar-refractivity contribution < 1.29 is 14.3 Å². The molecule has 5 nitrogen and oxygen atoms in total. The molecule has 0 aromatic heterocycles. The first-order chi connectivity index (χ1) is 9.68. The van der Waals surface area contributed by atoms with E-state index in [4.69, 9.17) is 15.2 Å². The highest BCUT2D eigenvalue weighted by atomic mass is 16.5. The minimum absolute atomic E-state index is 0.131. The van der Waals surface area contributed by atoms with Gasteiger partial charge < -0.3 is 20.5 Å². The second-order valence-electron chi connectivity index (χ2n) is 6.55. The largest absolute Gasteiger partial charge is 0.376 e. The molecule has 1 aliphatic heterocycles. The van der Waals surface area contributed by atoms with Crippen LogP contribution in [0.2, 0.25) is 0 Å². The Morgan fingerprint density at radius 1 is 1.30 bits per heavy atom. The normalized spacial score (nSPS) is 38.0. The molecule has 1 heterocycles. The Hall–Kier alpha value is -0.650. The van der Waals surface area contributed by atoms with Crippen molar-refractivity contribution in [2.45, 2.75) is 75.2 Å². The van der Waals surface area contributed by atoms with Crippen LogP contribution in [0.5, 0.6) is 0 Å². The van der Waals surface area contributed by atoms with Gasteiger partial charge in [-0.15, -0.1) is 0 Å². The van der Waals surface area contributed by atoms with Crippen LogP contribution >= 0.6 is 0 Å². The molecule has 5 heteroatoms. The second kappa shape index (κ2) is 6.00. The first-order valence-corrected chi connectivity index (χ1v) is 7.99. The number of hydrogen-bond acceptors (Lipinski definition) is 4. The van der Waals surface area contributed by atoms with Crippen LogP contribution in [-0.4, -0.2) is 42.9 Å². The van der Waals surface area contributed by atoms with Gasteiger partial charge in [0.2, 0.25) is 5.91 Å². The number of rotatable bonds is 6. The van der Waals surface area contributed by atoms with Crippen LogP contribution in [-0.2, 0) is 14.3 Å². The smallest absolute Gasteiger partial charge is 0.237 e. The van der Waals surface area contributed by atoms with Gasteiger partial charge in [-0.2, -0.15) is 0 Å². The quantitative estimate of drug-likeness (QED) is 0.765. The van der Waals surface area contributed by atoms with E-state index in [0.717, 1.165) is 51.6 Å². The maximum Gasteiger partial charge on any atom is 0.237 e. The van der Waals surface area contributed by atoms with Crippen LogP contribution in [0.4, 0.5) is 0 Å². The fourth-order valence-corrected chi connectivity index (χ4v) is 3.43. The van der Waals surface area contributed by atoms with Crippen molar-refractivity contribution in [2.75, 3.05) is 13.2 Å². The molecule has 3 N–H and O–H groups in total. The summed E-state index contributed by atoms with van der Waals surface area (Å²) in [6.07, 6.45) is 8.51. The molecule has 3 fully saturated rings. The number of ether oxygens (including phenoxy) is 2. The lowest BCUT2D eigenvalue weighted by Gasteiger charge is -2.39. The molecule has 0 bridgehead atoms. The highest BCUT2D eigenvalue weighted by Crippen LogP contribution is 2.34. The van der Waals surface area contributed by atoms with Gasteiger partial charge in [-0.3, -0.25) is 4.79 Å². The molecular formula is C15H26N2O3. The number of amides is 1. The number of primary amides is 1. The Balaban J connectivity index is 1.54. The molecular weight excluding hydrogens is 256 g/mol. The molecule has 3 atom stereocenters. The Morgan fingerprint density at radius 2 is 2.15 bits per heavy atom. The van der Waals surface area contributed by atoms with Crippen molar-refractivity contribution in [3.05, 3.63) is 0 Å². The van der Waals surface area contributed by atoms with Crippen molar-refractivity contribution in [1.29, 1.82) is 0 Å². The predicted octanol–water partition coefficient (Wildman–Crippen LogP) is 1.10. The third-order valence-corrected chi connectivity index (χ3v) is 4.78. The number of nitrogens with one attached hydrogen (secondary N) is 1. The molecule has 3 rings (SSSR count). The van der Waals surface area contributed by atoms with Gasteiger partial charge in [-0.25, -0.2) is 0 Å². The summed E-state index contributed by atoms with van der Waals surface area (Å²) in [6, 6.07) is 0.486. The van der Waals surface area contributed by atoms with Crippen molar-refractivity contribution >= 4 is 5.91 Å². The Morgan fingerprint density at radius 3 is 2.80 bits per heavy atom. The van der Waals surface area contributed by atoms with Gasteiger partial charge in [0, 0.05) is 19.1 Å². The minimum Gasteiger partial charge on any atom is -0.376 e. The van der Waals surface area contributed by atoms with E-state index < -0.39 is 5.54 Å². The van der Waals surface area contributed by atoms with Gasteiger partial charge in [-0.05, 0) is 44.9 Å². The Bertz CT molecular complexity index is 353. The summed E-state index contributed by atoms with van der Waals surface area (Å²) < 4.78 is 11.6. The molecule has 3 aliphatic rings. The van der Waals surface area contributed by atoms with Gasteiger partial charge in [0.05, 0.1) is 18.8 Å². The van der Waals surface area contributed by atoms with Crippen molar-refractivity contribution in [3.63, 3.8) is 0 Å². The van der Waals surface area contributed by atoms with E-state index in [1.54, 1.807) is 0 Å². The van der Waals surface area contributed by atoms with Crippen LogP contribution < -0.4 is 11.1 Å². The summed E-state index contributed by atoms with van der Waals surface area (Å²) in [5, 5.41) is 3.48. The zero-order valence-electron chi connectivity index (χ0n) is 12.1. The molecule has 0 spiro atoms. The fourth-order valence-electron chi connectivity index (χ4n) is 3.43. The van der Waals surface area contributed by atoms with Crippen molar-refractivity contribution in [3.8, 4) is 0 Å². The van der Waals surface area contributed by atoms with E-state index in [1.165, 1.54) is 0 Å². The molecule has 20 heavy (non-hydrogen) atoms. The molecule has 0 aromatic carbocycles. The summed E-state index contributed by atoms with van der Waals surface area (Å²) in [4.78, 5) is 11.9. The zero-order chi connectivity index (χ0) is 14.0. The topological polar surface area (TPSA) is 73.6 Å². The Labute approximate surface area is 120 Å². The van der Waals surface area contributed by atoms with E-state index in [0.29, 0.717) is 19.1 Å². The minimum atomic E-state index is -0.541. The summed E-state index contributed by atoms with van der Waals surface area (Å²) in [6.45, 7) is 1.51. The van der Waals surface area contributed by atoms with E-state index in [-0.39, 0.29) is 18.1 Å². The zero-order valence-corrected chi connectivity index (χ0v) is 12.1. The molecule has 114 valence electrons. The Kier molecular flexibility index (Phi) is 4.29. The average molecular weight is 282 g/mol. The van der Waals surface area contributed by atoms with Gasteiger partial charge in [0.15, 0.2) is 0 Å². The SMILES string of the molecule is NC(=O)C1(NC2CC2)CCCC(OCC2CCCO2)C1. The molecule has 1 saturated heterocycles. The van der Waals surface area contributed by atoms with E-state index >= 15 is 0 Å². The molecule has 0 radical (unpaired) electrons. The van der Waals surface area contributed by atoms with E-state index in [9.17, 15) is 4.79 Å². The predicted molar refractivity (Wildman–Crippen MR) is 75.3 cm³/mol. The third-order valence-electron chi connectivity index (χ3n) is 4.78. The molecule has 0 aromatic rings. The first kappa shape index (κ1) is 14.3. The van der Waals surface area contributed by atoms with Gasteiger partial charge in [0.25, 0.3) is 0 Å². The average Bonchev–Trinajstić information content (AvgIpc) is 3.08. The molecule has 1 amide bonds. The monoisotopic (exact) mass is 282 g/mol. The van der Waals surface area contributed by atoms with Crippen molar-refractivity contribution in [2.24, 2.45) is 5.73 Å². The van der Waals surface area contributed by atoms with Gasteiger partial charge in [-0.1, -0.05) is 0 Å². The third kappa shape index (κ3) is 3.32. The highest BCUT2D eigenvalue weighted by Gasteiger charge is 2.44. The van der Waals surface area contributed by atoms with Crippen LogP contribution in [0, 0.1) is 0 Å². The number of nitrogens with two attached hydrogens (primary N) is 1. The van der Waals surface area contributed by atoms with Crippen LogP contribution in [0.1, 0.15) is 51.4 Å². The lowest BCUT2D eigenvalue weighted by Crippen LogP contribution is -2.59. The summed E-state index contributed by atoms with van der Waals surface area (Å²) in [7, 11) is 0. The molecule has 3 unspecified atom stereocenters. The van der Waals surface area contributed by atoms with Crippen LogP contribution in [0.25, 0.3) is 0 Å². The first-order valence-electron chi connectivity index (χ1n) is 7.99.